The predicted molar refractivity (Wildman–Crippen MR) is 174 cm³/mol. The molecule has 37 heavy (non-hydrogen) atoms. The molecule has 0 N–H and O–H groups in total. The van der Waals surface area contributed by atoms with Crippen LogP contribution in [0.3, 0.4) is 0 Å². The van der Waals surface area contributed by atoms with E-state index in [0.29, 0.717) is 0 Å². The fourth-order valence-corrected chi connectivity index (χ4v) is 8.06. The Balaban J connectivity index is 6.98. The topological polar surface area (TPSA) is 63.2 Å². The van der Waals surface area contributed by atoms with Crippen molar-refractivity contribution in [1.82, 2.24) is 0 Å². The third-order valence-corrected chi connectivity index (χ3v) is 8.49. The minimum Gasteiger partial charge on any atom is -0.457 e. The van der Waals surface area contributed by atoms with E-state index in [1.165, 1.54) is 6.08 Å². The summed E-state index contributed by atoms with van der Waals surface area (Å²) in [7, 11) is -8.25. The summed E-state index contributed by atoms with van der Waals surface area (Å²) in [5, 5.41) is 0. The molecule has 0 radical (unpaired) electrons. The Kier molecular flexibility index (Phi) is 14.7. The summed E-state index contributed by atoms with van der Waals surface area (Å²) in [6.07, 6.45) is 3.37. The van der Waals surface area contributed by atoms with E-state index in [9.17, 15) is 4.79 Å². The zero-order valence-electron chi connectivity index (χ0n) is 25.7. The van der Waals surface area contributed by atoms with Gasteiger partial charge < -0.3 is 22.4 Å². The predicted octanol–water partition coefficient (Wildman–Crippen LogP) is 8.40. The fourth-order valence-electron chi connectivity index (χ4n) is 3.32. The molecule has 0 saturated carbocycles. The third-order valence-electron chi connectivity index (χ3n) is 4.05. The zero-order valence-corrected chi connectivity index (χ0v) is 32.9. The molecule has 0 bridgehead atoms. The van der Waals surface area contributed by atoms with Gasteiger partial charge in [-0.2, -0.15) is 0 Å². The smallest absolute Gasteiger partial charge is 0.331 e. The van der Waals surface area contributed by atoms with Crippen LogP contribution in [0, 0.1) is 0 Å². The zero-order chi connectivity index (χ0) is 29.6. The molecule has 0 aliphatic carbocycles. The molecule has 0 aliphatic rings. The fraction of sp³-hybridized carbons (Fsp3) is 0.800. The van der Waals surface area contributed by atoms with Crippen LogP contribution in [0.4, 0.5) is 0 Å². The van der Waals surface area contributed by atoms with Gasteiger partial charge in [0.15, 0.2) is 33.3 Å². The van der Waals surface area contributed by atoms with Crippen molar-refractivity contribution in [2.24, 2.45) is 0 Å². The summed E-state index contributed by atoms with van der Waals surface area (Å²) in [6, 6.07) is 0. The molecule has 0 aromatic heterocycles. The van der Waals surface area contributed by atoms with E-state index in [2.05, 4.69) is 110 Å². The van der Waals surface area contributed by atoms with E-state index in [4.69, 9.17) is 22.4 Å². The normalized spacial score (nSPS) is 17.3. The number of ether oxygens (including phenoxy) is 1. The minimum absolute atomic E-state index is 0.392. The average Bonchev–Trinajstić information content (AvgIpc) is 2.55. The number of hydrogen-bond acceptors (Lipinski definition) is 6. The third kappa shape index (κ3) is 20.2. The number of carbonyl (C=O) groups excluding carboxylic acids is 1. The first-order valence-electron chi connectivity index (χ1n) is 12.8. The first kappa shape index (κ1) is 37.6. The molecule has 12 heteroatoms. The van der Waals surface area contributed by atoms with Crippen LogP contribution in [-0.4, -0.2) is 69.3 Å². The molecule has 0 fully saturated rings. The molecule has 6 nitrogen and oxygen atoms in total. The van der Waals surface area contributed by atoms with Crippen molar-refractivity contribution in [2.45, 2.75) is 129 Å². The van der Waals surface area contributed by atoms with Crippen LogP contribution in [0.1, 0.15) is 20.8 Å². The van der Waals surface area contributed by atoms with Crippen LogP contribution in [0.2, 0.25) is 78.6 Å². The van der Waals surface area contributed by atoms with Gasteiger partial charge in [-0.3, -0.25) is 0 Å². The average molecular weight is 721 g/mol. The van der Waals surface area contributed by atoms with Crippen molar-refractivity contribution < 1.29 is 27.2 Å². The summed E-state index contributed by atoms with van der Waals surface area (Å²) in [5.74, 6) is -0.413. The van der Waals surface area contributed by atoms with Gasteiger partial charge in [-0.15, -0.1) is 0 Å². The Morgan fingerprint density at radius 2 is 1.00 bits per heavy atom. The van der Waals surface area contributed by atoms with Crippen LogP contribution in [0.15, 0.2) is 21.6 Å². The minimum atomic E-state index is -2.10. The second kappa shape index (κ2) is 14.5. The summed E-state index contributed by atoms with van der Waals surface area (Å²) in [4.78, 5) is 12.7. The number of carbonyl (C=O) groups is 1. The SMILES string of the molecule is CC(C)(C)OC(=O)/C=C/[C@H](O[Si](C)(C)C)[C@@H](O[Si](C)(C)C)[C@H](O[Si](C)(C)C)[C@@H](C=C(Br)Br)O[Si](C)(C)C. The maximum Gasteiger partial charge on any atom is 0.331 e. The van der Waals surface area contributed by atoms with E-state index in [1.54, 1.807) is 6.08 Å². The maximum atomic E-state index is 12.7. The highest BCUT2D eigenvalue weighted by Gasteiger charge is 2.43. The van der Waals surface area contributed by atoms with Crippen molar-refractivity contribution in [3.63, 3.8) is 0 Å². The molecule has 0 spiro atoms. The van der Waals surface area contributed by atoms with Gasteiger partial charge in [0.2, 0.25) is 0 Å². The lowest BCUT2D eigenvalue weighted by Crippen LogP contribution is -2.57. The van der Waals surface area contributed by atoms with Crippen molar-refractivity contribution in [3.8, 4) is 0 Å². The van der Waals surface area contributed by atoms with E-state index >= 15 is 0 Å². The molecule has 0 rings (SSSR count). The summed E-state index contributed by atoms with van der Waals surface area (Å²) in [6.45, 7) is 31.4. The van der Waals surface area contributed by atoms with Crippen molar-refractivity contribution in [2.75, 3.05) is 0 Å². The first-order valence-corrected chi connectivity index (χ1v) is 28.0. The Morgan fingerprint density at radius 1 is 0.649 bits per heavy atom. The molecule has 0 heterocycles. The van der Waals surface area contributed by atoms with Crippen LogP contribution >= 0.6 is 31.9 Å². The van der Waals surface area contributed by atoms with Crippen LogP contribution in [0.5, 0.6) is 0 Å². The van der Waals surface area contributed by atoms with Gasteiger partial charge in [0.25, 0.3) is 0 Å². The lowest BCUT2D eigenvalue weighted by Gasteiger charge is -2.44. The standard InChI is InChI=1S/C25H52Br2O6Si4/c1-25(2,3)29-22(28)17-16-19(30-34(4,5)6)23(32-36(10,11)12)24(33-37(13,14)15)20(18-21(26)27)31-35(7,8)9/h16-20,23-24H,1-15H3/b17-16+/t19-,20+,23+,24+/m0/s1. The van der Waals surface area contributed by atoms with Crippen molar-refractivity contribution >= 4 is 71.1 Å². The van der Waals surface area contributed by atoms with Crippen LogP contribution in [-0.2, 0) is 27.2 Å². The molecule has 0 saturated heterocycles. The molecule has 0 aromatic carbocycles. The van der Waals surface area contributed by atoms with Crippen LogP contribution < -0.4 is 0 Å². The molecule has 0 amide bonds. The highest BCUT2D eigenvalue weighted by Crippen LogP contribution is 2.30. The quantitative estimate of drug-likeness (QED) is 0.102. The highest BCUT2D eigenvalue weighted by atomic mass is 79.9. The lowest BCUT2D eigenvalue weighted by atomic mass is 10.0. The van der Waals surface area contributed by atoms with Gasteiger partial charge >= 0.3 is 5.97 Å². The maximum absolute atomic E-state index is 12.7. The van der Waals surface area contributed by atoms with Crippen LogP contribution in [0.25, 0.3) is 0 Å². The molecule has 4 atom stereocenters. The monoisotopic (exact) mass is 718 g/mol. The van der Waals surface area contributed by atoms with Gasteiger partial charge in [0.1, 0.15) is 17.8 Å². The van der Waals surface area contributed by atoms with Gasteiger partial charge in [-0.25, -0.2) is 4.79 Å². The van der Waals surface area contributed by atoms with Gasteiger partial charge in [0.05, 0.1) is 15.6 Å². The van der Waals surface area contributed by atoms with E-state index in [-0.39, 0.29) is 0 Å². The highest BCUT2D eigenvalue weighted by molar-refractivity contribution is 9.28. The molecular weight excluding hydrogens is 668 g/mol. The summed E-state index contributed by atoms with van der Waals surface area (Å²) >= 11 is 7.08. The largest absolute Gasteiger partial charge is 0.457 e. The molecule has 0 aromatic rings. The summed E-state index contributed by atoms with van der Waals surface area (Å²) < 4.78 is 33.5. The van der Waals surface area contributed by atoms with Gasteiger partial charge in [-0.05, 0) is 143 Å². The van der Waals surface area contributed by atoms with Crippen molar-refractivity contribution in [3.05, 3.63) is 21.6 Å². The van der Waals surface area contributed by atoms with E-state index < -0.39 is 69.3 Å². The molecular formula is C25H52Br2O6Si4. The Hall–Kier alpha value is 0.618. The Labute approximate surface area is 248 Å². The molecule has 0 aliphatic heterocycles. The Bertz CT molecular complexity index is 783. The Morgan fingerprint density at radius 3 is 1.32 bits per heavy atom. The number of halogens is 2. The summed E-state index contributed by atoms with van der Waals surface area (Å²) in [5.41, 5.74) is -0.586. The van der Waals surface area contributed by atoms with E-state index in [1.807, 2.05) is 26.8 Å². The molecule has 0 unspecified atom stereocenters. The second-order valence-electron chi connectivity index (χ2n) is 14.1. The number of rotatable bonds is 14. The van der Waals surface area contributed by atoms with Gasteiger partial charge in [-0.1, -0.05) is 0 Å². The van der Waals surface area contributed by atoms with E-state index in [0.717, 1.165) is 3.39 Å². The van der Waals surface area contributed by atoms with Crippen molar-refractivity contribution in [1.29, 1.82) is 0 Å². The number of esters is 1. The van der Waals surface area contributed by atoms with Gasteiger partial charge in [0, 0.05) is 6.08 Å². The first-order chi connectivity index (χ1) is 16.2. The lowest BCUT2D eigenvalue weighted by molar-refractivity contribution is -0.148. The number of hydrogen-bond donors (Lipinski definition) is 0. The second-order valence-corrected chi connectivity index (χ2v) is 34.7. The molecule has 218 valence electrons.